The van der Waals surface area contributed by atoms with E-state index in [4.69, 9.17) is 13.8 Å². The summed E-state index contributed by atoms with van der Waals surface area (Å²) in [5.74, 6) is -0.629. The third kappa shape index (κ3) is 10.0. The van der Waals surface area contributed by atoms with Crippen molar-refractivity contribution in [3.8, 4) is 0 Å². The first-order valence-corrected chi connectivity index (χ1v) is 8.35. The Balaban J connectivity index is 4.72. The van der Waals surface area contributed by atoms with Gasteiger partial charge in [-0.1, -0.05) is 6.08 Å². The number of aliphatic hydroxyl groups excluding tert-OH is 1. The average molecular weight is 340 g/mol. The molecule has 0 aliphatic carbocycles. The molecule has 0 aliphatic heterocycles. The number of phosphoric ester groups is 1. The van der Waals surface area contributed by atoms with Crippen molar-refractivity contribution in [1.29, 1.82) is 0 Å². The minimum atomic E-state index is -4.34. The van der Waals surface area contributed by atoms with Gasteiger partial charge < -0.3 is 19.2 Å². The molecule has 130 valence electrons. The zero-order chi connectivity index (χ0) is 17.4. The minimum absolute atomic E-state index is 0.0233. The second-order valence-corrected chi connectivity index (χ2v) is 7.22. The van der Waals surface area contributed by atoms with E-state index in [9.17, 15) is 19.4 Å². The molecule has 0 aromatic carbocycles. The highest BCUT2D eigenvalue weighted by Crippen LogP contribution is 2.45. The predicted octanol–water partition coefficient (Wildman–Crippen LogP) is 0.695. The van der Waals surface area contributed by atoms with Gasteiger partial charge in [0, 0.05) is 6.92 Å². The van der Waals surface area contributed by atoms with Crippen LogP contribution in [-0.2, 0) is 23.1 Å². The molecule has 2 unspecified atom stereocenters. The summed E-state index contributed by atoms with van der Waals surface area (Å²) < 4.78 is 27.3. The molecular weight excluding hydrogens is 313 g/mol. The zero-order valence-electron chi connectivity index (χ0n) is 13.6. The number of phosphoric acid groups is 1. The molecule has 0 aliphatic rings. The average Bonchev–Trinajstić information content (AvgIpc) is 2.33. The second-order valence-electron chi connectivity index (χ2n) is 5.81. The van der Waals surface area contributed by atoms with Gasteiger partial charge in [0.05, 0.1) is 27.7 Å². The van der Waals surface area contributed by atoms with Crippen LogP contribution >= 0.6 is 7.82 Å². The van der Waals surface area contributed by atoms with Crippen molar-refractivity contribution in [1.82, 2.24) is 0 Å². The maximum absolute atomic E-state index is 11.9. The van der Waals surface area contributed by atoms with Gasteiger partial charge in [-0.15, -0.1) is 6.58 Å². The van der Waals surface area contributed by atoms with Gasteiger partial charge in [0.25, 0.3) is 0 Å². The molecule has 3 atom stereocenters. The number of aliphatic hydroxyl groups is 1. The van der Waals surface area contributed by atoms with E-state index >= 15 is 0 Å². The number of quaternary nitrogens is 1. The van der Waals surface area contributed by atoms with Crippen LogP contribution in [0.5, 0.6) is 0 Å². The maximum Gasteiger partial charge on any atom is 0.472 e. The number of esters is 1. The van der Waals surface area contributed by atoms with E-state index in [-0.39, 0.29) is 13.0 Å². The highest BCUT2D eigenvalue weighted by molar-refractivity contribution is 7.47. The van der Waals surface area contributed by atoms with Crippen LogP contribution in [0.3, 0.4) is 0 Å². The van der Waals surface area contributed by atoms with Gasteiger partial charge in [-0.2, -0.15) is 0 Å². The van der Waals surface area contributed by atoms with Gasteiger partial charge in [0.1, 0.15) is 19.3 Å². The van der Waals surface area contributed by atoms with E-state index in [2.05, 4.69) is 6.58 Å². The van der Waals surface area contributed by atoms with Crippen molar-refractivity contribution in [2.45, 2.75) is 25.6 Å². The lowest BCUT2D eigenvalue weighted by molar-refractivity contribution is -0.870. The number of nitrogens with zero attached hydrogens (tertiary/aromatic N) is 1. The summed E-state index contributed by atoms with van der Waals surface area (Å²) >= 11 is 0. The molecule has 0 bridgehead atoms. The fraction of sp³-hybridized carbons (Fsp3) is 0.769. The van der Waals surface area contributed by atoms with E-state index in [0.717, 1.165) is 0 Å². The third-order valence-corrected chi connectivity index (χ3v) is 3.64. The van der Waals surface area contributed by atoms with Gasteiger partial charge in [-0.25, -0.2) is 4.57 Å². The molecule has 0 spiro atoms. The highest BCUT2D eigenvalue weighted by atomic mass is 31.2. The Kier molecular flexibility index (Phi) is 9.07. The van der Waals surface area contributed by atoms with E-state index in [0.29, 0.717) is 11.0 Å². The molecule has 0 rings (SSSR count). The standard InChI is InChI=1S/C13H26NO7P/c1-6-7-12(13(10-15)20-11(2)16)21-22(17,18)19-9-8-14(3,4)5/h6,12-13,15H,1,7-10H2,2-5H3/p+1/t12?,13-/m0/s1. The monoisotopic (exact) mass is 340 g/mol. The molecule has 8 nitrogen and oxygen atoms in total. The van der Waals surface area contributed by atoms with Crippen LogP contribution in [0.25, 0.3) is 0 Å². The molecule has 0 amide bonds. The number of carbonyl (C=O) groups is 1. The maximum atomic E-state index is 11.9. The number of rotatable bonds is 11. The Morgan fingerprint density at radius 2 is 1.95 bits per heavy atom. The molecule has 0 heterocycles. The summed E-state index contributed by atoms with van der Waals surface area (Å²) in [6.07, 6.45) is -0.547. The molecule has 0 fully saturated rings. The Morgan fingerprint density at radius 1 is 1.36 bits per heavy atom. The summed E-state index contributed by atoms with van der Waals surface area (Å²) in [6, 6.07) is 0. The minimum Gasteiger partial charge on any atom is -0.457 e. The van der Waals surface area contributed by atoms with E-state index in [1.165, 1.54) is 13.0 Å². The molecule has 9 heteroatoms. The molecule has 0 saturated carbocycles. The summed E-state index contributed by atoms with van der Waals surface area (Å²) in [4.78, 5) is 20.7. The molecule has 0 aromatic heterocycles. The van der Waals surface area contributed by atoms with Gasteiger partial charge >= 0.3 is 13.8 Å². The zero-order valence-corrected chi connectivity index (χ0v) is 14.5. The fourth-order valence-electron chi connectivity index (χ4n) is 1.50. The van der Waals surface area contributed by atoms with Crippen LogP contribution in [0.4, 0.5) is 0 Å². The highest BCUT2D eigenvalue weighted by Gasteiger charge is 2.33. The second kappa shape index (κ2) is 9.39. The SMILES string of the molecule is C=CCC(OP(=O)(O)OCC[N+](C)(C)C)[C@H](CO)OC(C)=O. The summed E-state index contributed by atoms with van der Waals surface area (Å²) in [5.41, 5.74) is 0. The predicted molar refractivity (Wildman–Crippen MR) is 81.0 cm³/mol. The van der Waals surface area contributed by atoms with Crippen molar-refractivity contribution in [2.75, 3.05) is 40.9 Å². The number of carbonyl (C=O) groups excluding carboxylic acids is 1. The van der Waals surface area contributed by atoms with E-state index < -0.39 is 32.6 Å². The first kappa shape index (κ1) is 21.2. The van der Waals surface area contributed by atoms with E-state index in [1.54, 1.807) is 0 Å². The van der Waals surface area contributed by atoms with Crippen molar-refractivity contribution in [3.05, 3.63) is 12.7 Å². The normalized spacial score (nSPS) is 17.4. The van der Waals surface area contributed by atoms with Crippen LogP contribution in [0, 0.1) is 0 Å². The Morgan fingerprint density at radius 3 is 2.36 bits per heavy atom. The smallest absolute Gasteiger partial charge is 0.457 e. The van der Waals surface area contributed by atoms with Crippen molar-refractivity contribution in [3.63, 3.8) is 0 Å². The largest absolute Gasteiger partial charge is 0.472 e. The van der Waals surface area contributed by atoms with Crippen LogP contribution in [0.1, 0.15) is 13.3 Å². The quantitative estimate of drug-likeness (QED) is 0.247. The van der Waals surface area contributed by atoms with Crippen molar-refractivity contribution >= 4 is 13.8 Å². The molecular formula is C13H27NO7P+. The third-order valence-electron chi connectivity index (χ3n) is 2.60. The molecule has 0 aromatic rings. The topological polar surface area (TPSA) is 102 Å². The lowest BCUT2D eigenvalue weighted by Crippen LogP contribution is -2.38. The van der Waals surface area contributed by atoms with Crippen LogP contribution < -0.4 is 0 Å². The Bertz CT molecular complexity index is 408. The van der Waals surface area contributed by atoms with Gasteiger partial charge in [-0.05, 0) is 6.42 Å². The van der Waals surface area contributed by atoms with Crippen molar-refractivity contribution < 1.29 is 37.6 Å². The first-order valence-electron chi connectivity index (χ1n) is 6.86. The van der Waals surface area contributed by atoms with E-state index in [1.807, 2.05) is 21.1 Å². The van der Waals surface area contributed by atoms with Gasteiger partial charge in [-0.3, -0.25) is 13.8 Å². The Hall–Kier alpha value is -0.760. The molecule has 0 radical (unpaired) electrons. The molecule has 22 heavy (non-hydrogen) atoms. The lowest BCUT2D eigenvalue weighted by Gasteiger charge is -2.27. The lowest BCUT2D eigenvalue weighted by atomic mass is 10.1. The van der Waals surface area contributed by atoms with Crippen molar-refractivity contribution in [2.24, 2.45) is 0 Å². The molecule has 2 N–H and O–H groups in total. The summed E-state index contributed by atoms with van der Waals surface area (Å²) in [5, 5.41) is 9.25. The number of hydrogen-bond donors (Lipinski definition) is 2. The van der Waals surface area contributed by atoms with Crippen LogP contribution in [0.15, 0.2) is 12.7 Å². The number of hydrogen-bond acceptors (Lipinski definition) is 6. The summed E-state index contributed by atoms with van der Waals surface area (Å²) in [6.45, 7) is 4.66. The van der Waals surface area contributed by atoms with Crippen LogP contribution in [0.2, 0.25) is 0 Å². The fourth-order valence-corrected chi connectivity index (χ4v) is 2.44. The summed E-state index contributed by atoms with van der Waals surface area (Å²) in [7, 11) is 1.40. The van der Waals surface area contributed by atoms with Gasteiger partial charge in [0.2, 0.25) is 0 Å². The van der Waals surface area contributed by atoms with Gasteiger partial charge in [0.15, 0.2) is 6.10 Å². The van der Waals surface area contributed by atoms with Crippen LogP contribution in [-0.4, -0.2) is 73.6 Å². The number of likely N-dealkylation sites (N-methyl/N-ethyl adjacent to an activating group) is 1. The first-order chi connectivity index (χ1) is 10.0. The molecule has 0 saturated heterocycles. The Labute approximate surface area is 131 Å². The number of ether oxygens (including phenoxy) is 1.